The van der Waals surface area contributed by atoms with Crippen LogP contribution in [0.3, 0.4) is 0 Å². The number of ketones is 1. The summed E-state index contributed by atoms with van der Waals surface area (Å²) in [7, 11) is 3.12. The molecule has 0 atom stereocenters. The highest BCUT2D eigenvalue weighted by atomic mass is 16.7. The zero-order chi connectivity index (χ0) is 19.4. The third-order valence-electron chi connectivity index (χ3n) is 4.29. The standard InChI is InChI=1S/C22H22O5/c1-14-10-17(11-15(2)22(14)27-13-24-3)21(23)18-12-16(7-8-20(18)25-4)19-6-5-9-26-19/h5-12H,13H2,1-4H3. The van der Waals surface area contributed by atoms with Gasteiger partial charge in [-0.2, -0.15) is 0 Å². The monoisotopic (exact) mass is 366 g/mol. The van der Waals surface area contributed by atoms with Crippen molar-refractivity contribution >= 4 is 5.78 Å². The van der Waals surface area contributed by atoms with Crippen LogP contribution >= 0.6 is 0 Å². The van der Waals surface area contributed by atoms with E-state index >= 15 is 0 Å². The van der Waals surface area contributed by atoms with Crippen LogP contribution in [0.1, 0.15) is 27.0 Å². The van der Waals surface area contributed by atoms with Crippen molar-refractivity contribution in [3.63, 3.8) is 0 Å². The van der Waals surface area contributed by atoms with E-state index in [1.54, 1.807) is 32.6 Å². The van der Waals surface area contributed by atoms with Gasteiger partial charge in [0, 0.05) is 18.2 Å². The molecule has 27 heavy (non-hydrogen) atoms. The lowest BCUT2D eigenvalue weighted by Crippen LogP contribution is -2.07. The lowest BCUT2D eigenvalue weighted by molar-refractivity contribution is 0.0501. The number of benzene rings is 2. The normalized spacial score (nSPS) is 10.7. The minimum atomic E-state index is -0.121. The molecule has 0 fully saturated rings. The molecule has 1 heterocycles. The topological polar surface area (TPSA) is 57.9 Å². The fourth-order valence-corrected chi connectivity index (χ4v) is 3.06. The molecule has 0 aliphatic carbocycles. The summed E-state index contributed by atoms with van der Waals surface area (Å²) in [4.78, 5) is 13.2. The minimum absolute atomic E-state index is 0.121. The Morgan fingerprint density at radius 2 is 1.78 bits per heavy atom. The predicted octanol–water partition coefficient (Wildman–Crippen LogP) is 4.79. The number of carbonyl (C=O) groups is 1. The number of methoxy groups -OCH3 is 2. The molecule has 0 radical (unpaired) electrons. The summed E-state index contributed by atoms with van der Waals surface area (Å²) in [6.07, 6.45) is 1.60. The second-order valence-corrected chi connectivity index (χ2v) is 6.21. The molecule has 0 aliphatic heterocycles. The van der Waals surface area contributed by atoms with Crippen LogP contribution < -0.4 is 9.47 Å². The van der Waals surface area contributed by atoms with Gasteiger partial charge in [0.25, 0.3) is 0 Å². The zero-order valence-electron chi connectivity index (χ0n) is 15.9. The molecule has 5 nitrogen and oxygen atoms in total. The van der Waals surface area contributed by atoms with E-state index in [0.717, 1.165) is 22.4 Å². The van der Waals surface area contributed by atoms with E-state index in [4.69, 9.17) is 18.6 Å². The highest BCUT2D eigenvalue weighted by Crippen LogP contribution is 2.31. The van der Waals surface area contributed by atoms with Gasteiger partial charge in [-0.05, 0) is 67.4 Å². The number of aryl methyl sites for hydroxylation is 2. The number of hydrogen-bond donors (Lipinski definition) is 0. The van der Waals surface area contributed by atoms with Gasteiger partial charge in [-0.15, -0.1) is 0 Å². The second kappa shape index (κ2) is 8.10. The smallest absolute Gasteiger partial charge is 0.196 e. The largest absolute Gasteiger partial charge is 0.496 e. The Hall–Kier alpha value is -3.05. The first-order chi connectivity index (χ1) is 13.0. The number of ether oxygens (including phenoxy) is 3. The van der Waals surface area contributed by atoms with E-state index < -0.39 is 0 Å². The van der Waals surface area contributed by atoms with Crippen molar-refractivity contribution in [2.75, 3.05) is 21.0 Å². The highest BCUT2D eigenvalue weighted by molar-refractivity contribution is 6.11. The summed E-state index contributed by atoms with van der Waals surface area (Å²) in [6, 6.07) is 12.7. The molecule has 0 bridgehead atoms. The van der Waals surface area contributed by atoms with Gasteiger partial charge < -0.3 is 18.6 Å². The molecule has 0 aliphatic rings. The molecule has 3 rings (SSSR count). The van der Waals surface area contributed by atoms with Gasteiger partial charge in [0.2, 0.25) is 0 Å². The summed E-state index contributed by atoms with van der Waals surface area (Å²) >= 11 is 0. The summed E-state index contributed by atoms with van der Waals surface area (Å²) in [5.41, 5.74) is 3.62. The number of furan rings is 1. The lowest BCUT2D eigenvalue weighted by atomic mass is 9.96. The summed E-state index contributed by atoms with van der Waals surface area (Å²) < 4.78 is 21.4. The number of rotatable bonds is 7. The zero-order valence-corrected chi connectivity index (χ0v) is 15.9. The van der Waals surface area contributed by atoms with Crippen LogP contribution in [-0.4, -0.2) is 26.8 Å². The Morgan fingerprint density at radius 1 is 1.04 bits per heavy atom. The van der Waals surface area contributed by atoms with Crippen LogP contribution in [0.15, 0.2) is 53.1 Å². The molecule has 2 aromatic carbocycles. The van der Waals surface area contributed by atoms with Gasteiger partial charge in [-0.1, -0.05) is 0 Å². The Morgan fingerprint density at radius 3 is 2.37 bits per heavy atom. The first-order valence-electron chi connectivity index (χ1n) is 8.54. The fourth-order valence-electron chi connectivity index (χ4n) is 3.06. The van der Waals surface area contributed by atoms with Crippen molar-refractivity contribution in [3.8, 4) is 22.8 Å². The van der Waals surface area contributed by atoms with Gasteiger partial charge in [-0.25, -0.2) is 0 Å². The molecule has 0 saturated heterocycles. The molecule has 5 heteroatoms. The Bertz CT molecular complexity index is 918. The quantitative estimate of drug-likeness (QED) is 0.445. The van der Waals surface area contributed by atoms with E-state index in [9.17, 15) is 4.79 Å². The second-order valence-electron chi connectivity index (χ2n) is 6.21. The number of carbonyl (C=O) groups excluding carboxylic acids is 1. The first-order valence-corrected chi connectivity index (χ1v) is 8.54. The molecule has 3 aromatic rings. The van der Waals surface area contributed by atoms with Crippen molar-refractivity contribution in [2.24, 2.45) is 0 Å². The molecule has 1 aromatic heterocycles. The number of hydrogen-bond acceptors (Lipinski definition) is 5. The maximum Gasteiger partial charge on any atom is 0.196 e. The van der Waals surface area contributed by atoms with Crippen molar-refractivity contribution in [1.29, 1.82) is 0 Å². The van der Waals surface area contributed by atoms with Gasteiger partial charge in [0.15, 0.2) is 12.6 Å². The molecular formula is C22H22O5. The molecule has 0 unspecified atom stereocenters. The first kappa shape index (κ1) is 18.7. The van der Waals surface area contributed by atoms with E-state index in [1.165, 1.54) is 0 Å². The Kier molecular flexibility index (Phi) is 5.62. The van der Waals surface area contributed by atoms with Crippen LogP contribution in [0.25, 0.3) is 11.3 Å². The summed E-state index contributed by atoms with van der Waals surface area (Å²) in [5.74, 6) is 1.82. The molecule has 0 spiro atoms. The van der Waals surface area contributed by atoms with Crippen LogP contribution in [0.4, 0.5) is 0 Å². The lowest BCUT2D eigenvalue weighted by Gasteiger charge is -2.14. The fraction of sp³-hybridized carbons (Fsp3) is 0.227. The molecule has 0 N–H and O–H groups in total. The SMILES string of the molecule is COCOc1c(C)cc(C(=O)c2cc(-c3ccco3)ccc2OC)cc1C. The van der Waals surface area contributed by atoms with Gasteiger partial charge >= 0.3 is 0 Å². The maximum atomic E-state index is 13.2. The van der Waals surface area contributed by atoms with Crippen molar-refractivity contribution < 1.29 is 23.4 Å². The summed E-state index contributed by atoms with van der Waals surface area (Å²) in [5, 5.41) is 0. The third-order valence-corrected chi connectivity index (χ3v) is 4.29. The molecule has 140 valence electrons. The van der Waals surface area contributed by atoms with Gasteiger partial charge in [0.1, 0.15) is 17.3 Å². The van der Waals surface area contributed by atoms with E-state index in [-0.39, 0.29) is 12.6 Å². The van der Waals surface area contributed by atoms with Crippen LogP contribution in [0, 0.1) is 13.8 Å². The average molecular weight is 366 g/mol. The van der Waals surface area contributed by atoms with Crippen LogP contribution in [0.2, 0.25) is 0 Å². The minimum Gasteiger partial charge on any atom is -0.496 e. The average Bonchev–Trinajstić information content (AvgIpc) is 3.21. The van der Waals surface area contributed by atoms with Crippen molar-refractivity contribution in [1.82, 2.24) is 0 Å². The van der Waals surface area contributed by atoms with Gasteiger partial charge in [-0.3, -0.25) is 4.79 Å². The van der Waals surface area contributed by atoms with Crippen molar-refractivity contribution in [2.45, 2.75) is 13.8 Å². The maximum absolute atomic E-state index is 13.2. The van der Waals surface area contributed by atoms with Crippen LogP contribution in [0.5, 0.6) is 11.5 Å². The molecule has 0 saturated carbocycles. The molecule has 0 amide bonds. The predicted molar refractivity (Wildman–Crippen MR) is 103 cm³/mol. The third kappa shape index (κ3) is 3.88. The van der Waals surface area contributed by atoms with Crippen molar-refractivity contribution in [3.05, 3.63) is 71.0 Å². The molecular weight excluding hydrogens is 344 g/mol. The van der Waals surface area contributed by atoms with E-state index in [1.807, 2.05) is 44.2 Å². The Balaban J connectivity index is 2.01. The highest BCUT2D eigenvalue weighted by Gasteiger charge is 2.19. The van der Waals surface area contributed by atoms with E-state index in [0.29, 0.717) is 22.6 Å². The Labute approximate surface area is 158 Å². The van der Waals surface area contributed by atoms with E-state index in [2.05, 4.69) is 0 Å². The van der Waals surface area contributed by atoms with Gasteiger partial charge in [0.05, 0.1) is 18.9 Å². The summed E-state index contributed by atoms with van der Waals surface area (Å²) in [6.45, 7) is 3.98. The van der Waals surface area contributed by atoms with Crippen LogP contribution in [-0.2, 0) is 4.74 Å².